The van der Waals surface area contributed by atoms with E-state index < -0.39 is 0 Å². The number of fused-ring (bicyclic) bond motifs is 2. The van der Waals surface area contributed by atoms with Gasteiger partial charge in [-0.15, -0.1) is 0 Å². The molecule has 3 N–H and O–H groups in total. The van der Waals surface area contributed by atoms with E-state index in [2.05, 4.69) is 17.1 Å². The van der Waals surface area contributed by atoms with Crippen molar-refractivity contribution in [1.82, 2.24) is 10.2 Å². The van der Waals surface area contributed by atoms with Crippen LogP contribution < -0.4 is 11.1 Å². The van der Waals surface area contributed by atoms with Crippen molar-refractivity contribution in [2.75, 3.05) is 39.8 Å². The molecule has 4 nitrogen and oxygen atoms in total. The van der Waals surface area contributed by atoms with Gasteiger partial charge in [-0.05, 0) is 38.8 Å². The Morgan fingerprint density at radius 3 is 3.06 bits per heavy atom. The van der Waals surface area contributed by atoms with Crippen molar-refractivity contribution in [1.29, 1.82) is 0 Å². The molecule has 0 aromatic carbocycles. The van der Waals surface area contributed by atoms with Gasteiger partial charge in [-0.1, -0.05) is 0 Å². The maximum absolute atomic E-state index is 6.03. The molecule has 0 aromatic heterocycles. The number of ether oxygens (including phenoxy) is 1. The van der Waals surface area contributed by atoms with Crippen molar-refractivity contribution in [3.63, 3.8) is 0 Å². The summed E-state index contributed by atoms with van der Waals surface area (Å²) in [5.41, 5.74) is 6.20. The van der Waals surface area contributed by atoms with E-state index in [9.17, 15) is 0 Å². The molecule has 0 aliphatic carbocycles. The summed E-state index contributed by atoms with van der Waals surface area (Å²) in [5.74, 6) is 0.732. The number of rotatable bonds is 5. The minimum Gasteiger partial charge on any atom is -0.380 e. The molecule has 0 aromatic rings. The number of hydrogen-bond acceptors (Lipinski definition) is 4. The third-order valence-corrected chi connectivity index (χ3v) is 4.44. The predicted octanol–water partition coefficient (Wildman–Crippen LogP) is 0.0340. The maximum atomic E-state index is 6.03. The smallest absolute Gasteiger partial charge is 0.0667 e. The lowest BCUT2D eigenvalue weighted by Gasteiger charge is -2.43. The van der Waals surface area contributed by atoms with Gasteiger partial charge < -0.3 is 20.7 Å². The highest BCUT2D eigenvalue weighted by Gasteiger charge is 2.44. The van der Waals surface area contributed by atoms with Gasteiger partial charge in [0, 0.05) is 32.3 Å². The number of hydrogen-bond donors (Lipinski definition) is 2. The molecule has 0 saturated carbocycles. The predicted molar refractivity (Wildman–Crippen MR) is 65.4 cm³/mol. The first-order chi connectivity index (χ1) is 7.70. The van der Waals surface area contributed by atoms with Crippen LogP contribution in [-0.4, -0.2) is 56.4 Å². The molecule has 0 radical (unpaired) electrons. The molecule has 0 amide bonds. The van der Waals surface area contributed by atoms with Crippen LogP contribution in [0.4, 0.5) is 0 Å². The largest absolute Gasteiger partial charge is 0.380 e. The second-order valence-electron chi connectivity index (χ2n) is 5.32. The summed E-state index contributed by atoms with van der Waals surface area (Å²) in [7, 11) is 1.76. The summed E-state index contributed by atoms with van der Waals surface area (Å²) in [5, 5.41) is 3.69. The van der Waals surface area contributed by atoms with Crippen molar-refractivity contribution < 1.29 is 4.74 Å². The second kappa shape index (κ2) is 5.00. The fourth-order valence-electron chi connectivity index (χ4n) is 3.05. The summed E-state index contributed by atoms with van der Waals surface area (Å²) < 4.78 is 5.30. The zero-order chi connectivity index (χ0) is 11.6. The van der Waals surface area contributed by atoms with E-state index >= 15 is 0 Å². The van der Waals surface area contributed by atoms with E-state index in [1.54, 1.807) is 7.11 Å². The highest BCUT2D eigenvalue weighted by atomic mass is 16.5. The van der Waals surface area contributed by atoms with Gasteiger partial charge in [0.25, 0.3) is 0 Å². The zero-order valence-corrected chi connectivity index (χ0v) is 10.5. The zero-order valence-electron chi connectivity index (χ0n) is 10.5. The number of nitrogens with two attached hydrogens (primary N) is 1. The molecule has 2 aliphatic rings. The molecule has 4 heteroatoms. The molecule has 2 rings (SSSR count). The summed E-state index contributed by atoms with van der Waals surface area (Å²) in [6.45, 7) is 7.44. The van der Waals surface area contributed by atoms with E-state index in [0.717, 1.165) is 19.0 Å². The van der Waals surface area contributed by atoms with Crippen LogP contribution in [0.1, 0.15) is 19.8 Å². The second-order valence-corrected chi connectivity index (χ2v) is 5.32. The molecule has 16 heavy (non-hydrogen) atoms. The van der Waals surface area contributed by atoms with Gasteiger partial charge in [-0.3, -0.25) is 0 Å². The first-order valence-electron chi connectivity index (χ1n) is 6.40. The van der Waals surface area contributed by atoms with Crippen LogP contribution in [0.5, 0.6) is 0 Å². The Kier molecular flexibility index (Phi) is 3.85. The minimum absolute atomic E-state index is 0.166. The normalized spacial score (nSPS) is 39.9. The first kappa shape index (κ1) is 12.3. The van der Waals surface area contributed by atoms with Crippen molar-refractivity contribution in [2.24, 2.45) is 11.7 Å². The summed E-state index contributed by atoms with van der Waals surface area (Å²) in [4.78, 5) is 2.56. The molecule has 2 bridgehead atoms. The summed E-state index contributed by atoms with van der Waals surface area (Å²) in [6, 6.07) is 0. The standard InChI is InChI=1S/C12H25N3O/c1-10(16-2)7-14-12(9-13)4-6-15-5-3-11(12)8-15/h10-11,14H,3-9,13H2,1-2H3. The lowest BCUT2D eigenvalue weighted by molar-refractivity contribution is 0.0827. The fourth-order valence-corrected chi connectivity index (χ4v) is 3.05. The maximum Gasteiger partial charge on any atom is 0.0667 e. The molecule has 2 saturated heterocycles. The summed E-state index contributed by atoms with van der Waals surface area (Å²) >= 11 is 0. The molecule has 94 valence electrons. The highest BCUT2D eigenvalue weighted by molar-refractivity contribution is 5.03. The fraction of sp³-hybridized carbons (Fsp3) is 1.00. The minimum atomic E-state index is 0.166. The third-order valence-electron chi connectivity index (χ3n) is 4.44. The van der Waals surface area contributed by atoms with Gasteiger partial charge in [0.05, 0.1) is 6.10 Å². The van der Waals surface area contributed by atoms with Gasteiger partial charge in [-0.25, -0.2) is 0 Å². The van der Waals surface area contributed by atoms with Crippen LogP contribution in [0.3, 0.4) is 0 Å². The Hall–Kier alpha value is -0.160. The van der Waals surface area contributed by atoms with Crippen LogP contribution in [0.2, 0.25) is 0 Å². The lowest BCUT2D eigenvalue weighted by atomic mass is 9.78. The number of methoxy groups -OCH3 is 1. The number of nitrogens with zero attached hydrogens (tertiary/aromatic N) is 1. The first-order valence-corrected chi connectivity index (χ1v) is 6.40. The molecular weight excluding hydrogens is 202 g/mol. The van der Waals surface area contributed by atoms with Crippen molar-refractivity contribution in [2.45, 2.75) is 31.4 Å². The number of nitrogens with one attached hydrogen (secondary N) is 1. The molecule has 0 spiro atoms. The molecule has 4 unspecified atom stereocenters. The van der Waals surface area contributed by atoms with Crippen LogP contribution in [0.25, 0.3) is 0 Å². The van der Waals surface area contributed by atoms with E-state index in [1.807, 2.05) is 0 Å². The van der Waals surface area contributed by atoms with Gasteiger partial charge in [0.15, 0.2) is 0 Å². The molecular formula is C12H25N3O. The SMILES string of the molecule is COC(C)CNC1(CN)CCN2CCC1C2. The van der Waals surface area contributed by atoms with E-state index in [-0.39, 0.29) is 11.6 Å². The average molecular weight is 227 g/mol. The summed E-state index contributed by atoms with van der Waals surface area (Å²) in [6.07, 6.45) is 2.75. The van der Waals surface area contributed by atoms with Gasteiger partial charge in [0.1, 0.15) is 0 Å². The van der Waals surface area contributed by atoms with Crippen LogP contribution in [0, 0.1) is 5.92 Å². The van der Waals surface area contributed by atoms with E-state index in [1.165, 1.54) is 32.5 Å². The van der Waals surface area contributed by atoms with Crippen LogP contribution in [0.15, 0.2) is 0 Å². The lowest BCUT2D eigenvalue weighted by Crippen LogP contribution is -2.61. The Labute approximate surface area is 98.5 Å². The molecule has 2 heterocycles. The van der Waals surface area contributed by atoms with Crippen molar-refractivity contribution >= 4 is 0 Å². The highest BCUT2D eigenvalue weighted by Crippen LogP contribution is 2.34. The molecule has 2 aliphatic heterocycles. The Morgan fingerprint density at radius 2 is 2.38 bits per heavy atom. The third kappa shape index (κ3) is 2.25. The average Bonchev–Trinajstić information content (AvgIpc) is 2.73. The molecule has 4 atom stereocenters. The van der Waals surface area contributed by atoms with Crippen molar-refractivity contribution in [3.05, 3.63) is 0 Å². The van der Waals surface area contributed by atoms with Crippen LogP contribution >= 0.6 is 0 Å². The van der Waals surface area contributed by atoms with Crippen LogP contribution in [-0.2, 0) is 4.74 Å². The van der Waals surface area contributed by atoms with E-state index in [0.29, 0.717) is 0 Å². The van der Waals surface area contributed by atoms with Gasteiger partial charge in [-0.2, -0.15) is 0 Å². The Balaban J connectivity index is 1.95. The monoisotopic (exact) mass is 227 g/mol. The molecule has 2 fully saturated rings. The van der Waals surface area contributed by atoms with Crippen molar-refractivity contribution in [3.8, 4) is 0 Å². The van der Waals surface area contributed by atoms with E-state index in [4.69, 9.17) is 10.5 Å². The van der Waals surface area contributed by atoms with Gasteiger partial charge in [0.2, 0.25) is 0 Å². The topological polar surface area (TPSA) is 50.5 Å². The Morgan fingerprint density at radius 1 is 1.56 bits per heavy atom. The Bertz CT molecular complexity index is 236. The quantitative estimate of drug-likeness (QED) is 0.696. The number of piperidine rings is 1. The van der Waals surface area contributed by atoms with Gasteiger partial charge >= 0.3 is 0 Å².